The van der Waals surface area contributed by atoms with Gasteiger partial charge in [0.15, 0.2) is 5.69 Å². The normalized spacial score (nSPS) is 21.7. The van der Waals surface area contributed by atoms with Gasteiger partial charge in [0.1, 0.15) is 18.1 Å². The molecule has 34 heavy (non-hydrogen) atoms. The fourth-order valence-corrected chi connectivity index (χ4v) is 3.96. The molecule has 1 aliphatic heterocycles. The van der Waals surface area contributed by atoms with E-state index in [9.17, 15) is 14.4 Å². The number of benzene rings is 1. The maximum absolute atomic E-state index is 13.2. The Hall–Kier alpha value is -3.40. The number of rotatable bonds is 3. The van der Waals surface area contributed by atoms with Crippen LogP contribution in [0.3, 0.4) is 0 Å². The summed E-state index contributed by atoms with van der Waals surface area (Å²) in [4.78, 5) is 41.4. The highest BCUT2D eigenvalue weighted by molar-refractivity contribution is 6.03. The minimum Gasteiger partial charge on any atom is -0.491 e. The second-order valence-electron chi connectivity index (χ2n) is 8.76. The molecule has 2 heterocycles. The lowest BCUT2D eigenvalue weighted by atomic mass is 10.0. The van der Waals surface area contributed by atoms with E-state index in [-0.39, 0.29) is 42.2 Å². The van der Waals surface area contributed by atoms with Crippen LogP contribution in [-0.2, 0) is 9.53 Å². The number of nitrogens with zero attached hydrogens (tertiary/aromatic N) is 3. The van der Waals surface area contributed by atoms with Gasteiger partial charge in [-0.25, -0.2) is 0 Å². The SMILES string of the molecule is CO[C@H]1CN(C)C(=O)c2ccc(NC(=O)c3cc(C)on3)cc2OC[C@@H](C)N(C(C)=O)C[C@@H]1C. The maximum Gasteiger partial charge on any atom is 0.277 e. The Balaban J connectivity index is 1.93. The van der Waals surface area contributed by atoms with Crippen molar-refractivity contribution in [3.63, 3.8) is 0 Å². The van der Waals surface area contributed by atoms with E-state index in [2.05, 4.69) is 10.5 Å². The Morgan fingerprint density at radius 1 is 1.21 bits per heavy atom. The van der Waals surface area contributed by atoms with Gasteiger partial charge in [0.2, 0.25) is 5.91 Å². The maximum atomic E-state index is 13.2. The van der Waals surface area contributed by atoms with Crippen LogP contribution in [0, 0.1) is 12.8 Å². The van der Waals surface area contributed by atoms with Gasteiger partial charge in [-0.3, -0.25) is 14.4 Å². The zero-order valence-electron chi connectivity index (χ0n) is 20.5. The topological polar surface area (TPSA) is 114 Å². The molecule has 3 amide bonds. The van der Waals surface area contributed by atoms with E-state index in [0.29, 0.717) is 35.9 Å². The van der Waals surface area contributed by atoms with Crippen molar-refractivity contribution in [2.75, 3.05) is 39.2 Å². The standard InChI is InChI=1S/C24H32N4O6/c1-14-11-28(17(4)29)15(2)13-33-21-10-18(25-23(30)20-9-16(3)34-26-20)7-8-19(21)24(31)27(5)12-22(14)32-6/h7-10,14-15,22H,11-13H2,1-6H3,(H,25,30)/t14-,15+,22-/m0/s1. The molecule has 2 aromatic rings. The van der Waals surface area contributed by atoms with Crippen LogP contribution in [0.4, 0.5) is 5.69 Å². The number of hydrogen-bond donors (Lipinski definition) is 1. The summed E-state index contributed by atoms with van der Waals surface area (Å²) in [5.41, 5.74) is 0.932. The number of carbonyl (C=O) groups excluding carboxylic acids is 3. The summed E-state index contributed by atoms with van der Waals surface area (Å²) in [5.74, 6) is 0.0928. The molecule has 0 spiro atoms. The molecule has 1 N–H and O–H groups in total. The number of likely N-dealkylation sites (N-methyl/N-ethyl adjacent to an activating group) is 1. The number of aryl methyl sites for hydroxylation is 1. The molecular formula is C24H32N4O6. The summed E-state index contributed by atoms with van der Waals surface area (Å²) >= 11 is 0. The molecule has 10 heteroatoms. The van der Waals surface area contributed by atoms with Crippen LogP contribution >= 0.6 is 0 Å². The van der Waals surface area contributed by atoms with Gasteiger partial charge in [0.05, 0.1) is 17.7 Å². The van der Waals surface area contributed by atoms with Gasteiger partial charge in [-0.2, -0.15) is 0 Å². The van der Waals surface area contributed by atoms with Crippen molar-refractivity contribution in [2.24, 2.45) is 5.92 Å². The highest BCUT2D eigenvalue weighted by Gasteiger charge is 2.29. The number of carbonyl (C=O) groups is 3. The van der Waals surface area contributed by atoms with E-state index < -0.39 is 5.91 Å². The van der Waals surface area contributed by atoms with Gasteiger partial charge in [0.25, 0.3) is 11.8 Å². The largest absolute Gasteiger partial charge is 0.491 e. The van der Waals surface area contributed by atoms with Gasteiger partial charge >= 0.3 is 0 Å². The lowest BCUT2D eigenvalue weighted by molar-refractivity contribution is -0.133. The third kappa shape index (κ3) is 5.74. The summed E-state index contributed by atoms with van der Waals surface area (Å²) in [6.45, 7) is 8.12. The molecule has 1 aromatic carbocycles. The van der Waals surface area contributed by atoms with Gasteiger partial charge in [-0.15, -0.1) is 0 Å². The molecule has 3 rings (SSSR count). The molecule has 0 radical (unpaired) electrons. The van der Waals surface area contributed by atoms with Crippen LogP contribution in [0.2, 0.25) is 0 Å². The first-order valence-corrected chi connectivity index (χ1v) is 11.2. The summed E-state index contributed by atoms with van der Waals surface area (Å²) in [7, 11) is 3.31. The third-order valence-corrected chi connectivity index (χ3v) is 5.97. The number of amides is 3. The van der Waals surface area contributed by atoms with E-state index in [1.54, 1.807) is 49.1 Å². The highest BCUT2D eigenvalue weighted by Crippen LogP contribution is 2.27. The Morgan fingerprint density at radius 3 is 2.56 bits per heavy atom. The summed E-state index contributed by atoms with van der Waals surface area (Å²) < 4.78 is 16.7. The molecule has 10 nitrogen and oxygen atoms in total. The van der Waals surface area contributed by atoms with E-state index in [0.717, 1.165) is 0 Å². The first-order chi connectivity index (χ1) is 16.1. The number of ether oxygens (including phenoxy) is 2. The Kier molecular flexibility index (Phi) is 7.93. The predicted molar refractivity (Wildman–Crippen MR) is 125 cm³/mol. The Labute approximate surface area is 199 Å². The molecule has 1 aromatic heterocycles. The average molecular weight is 473 g/mol. The number of methoxy groups -OCH3 is 1. The molecule has 184 valence electrons. The van der Waals surface area contributed by atoms with Crippen LogP contribution in [0.25, 0.3) is 0 Å². The Bertz CT molecular complexity index is 1050. The average Bonchev–Trinajstić information content (AvgIpc) is 3.24. The van der Waals surface area contributed by atoms with E-state index in [1.165, 1.54) is 13.0 Å². The van der Waals surface area contributed by atoms with Crippen LogP contribution < -0.4 is 10.1 Å². The number of aromatic nitrogens is 1. The van der Waals surface area contributed by atoms with Gasteiger partial charge < -0.3 is 29.1 Å². The van der Waals surface area contributed by atoms with Crippen molar-refractivity contribution in [1.82, 2.24) is 15.0 Å². The number of nitrogens with one attached hydrogen (secondary N) is 1. The van der Waals surface area contributed by atoms with Crippen molar-refractivity contribution < 1.29 is 28.4 Å². The minimum absolute atomic E-state index is 0.00301. The molecule has 0 unspecified atom stereocenters. The highest BCUT2D eigenvalue weighted by atomic mass is 16.5. The second kappa shape index (κ2) is 10.7. The number of hydrogen-bond acceptors (Lipinski definition) is 7. The Morgan fingerprint density at radius 2 is 1.94 bits per heavy atom. The van der Waals surface area contributed by atoms with Gasteiger partial charge in [-0.05, 0) is 26.0 Å². The first kappa shape index (κ1) is 25.2. The second-order valence-corrected chi connectivity index (χ2v) is 8.76. The molecule has 0 saturated heterocycles. The summed E-state index contributed by atoms with van der Waals surface area (Å²) in [5, 5.41) is 6.46. The van der Waals surface area contributed by atoms with Crippen LogP contribution in [0.15, 0.2) is 28.8 Å². The first-order valence-electron chi connectivity index (χ1n) is 11.2. The number of fused-ring (bicyclic) bond motifs is 1. The lowest BCUT2D eigenvalue weighted by Gasteiger charge is -2.35. The smallest absolute Gasteiger partial charge is 0.277 e. The van der Waals surface area contributed by atoms with Crippen molar-refractivity contribution >= 4 is 23.4 Å². The zero-order valence-corrected chi connectivity index (χ0v) is 20.5. The van der Waals surface area contributed by atoms with Gasteiger partial charge in [0, 0.05) is 57.9 Å². The molecular weight excluding hydrogens is 440 g/mol. The fraction of sp³-hybridized carbons (Fsp3) is 0.500. The molecule has 0 saturated carbocycles. The van der Waals surface area contributed by atoms with Crippen LogP contribution in [-0.4, -0.2) is 78.7 Å². The van der Waals surface area contributed by atoms with E-state index in [4.69, 9.17) is 14.0 Å². The van der Waals surface area contributed by atoms with Crippen molar-refractivity contribution in [3.05, 3.63) is 41.3 Å². The quantitative estimate of drug-likeness (QED) is 0.730. The van der Waals surface area contributed by atoms with Crippen molar-refractivity contribution in [1.29, 1.82) is 0 Å². The van der Waals surface area contributed by atoms with Crippen LogP contribution in [0.1, 0.15) is 47.4 Å². The van der Waals surface area contributed by atoms with Crippen molar-refractivity contribution in [3.8, 4) is 5.75 Å². The molecule has 3 atom stereocenters. The van der Waals surface area contributed by atoms with Crippen LogP contribution in [0.5, 0.6) is 5.75 Å². The molecule has 0 bridgehead atoms. The lowest BCUT2D eigenvalue weighted by Crippen LogP contribution is -2.48. The minimum atomic E-state index is -0.443. The zero-order chi connectivity index (χ0) is 25.0. The molecule has 1 aliphatic rings. The summed E-state index contributed by atoms with van der Waals surface area (Å²) in [6, 6.07) is 6.13. The van der Waals surface area contributed by atoms with E-state index >= 15 is 0 Å². The number of anilines is 1. The van der Waals surface area contributed by atoms with Crippen molar-refractivity contribution in [2.45, 2.75) is 39.8 Å². The molecule has 0 aliphatic carbocycles. The molecule has 0 fully saturated rings. The summed E-state index contributed by atoms with van der Waals surface area (Å²) in [6.07, 6.45) is -0.253. The fourth-order valence-electron chi connectivity index (χ4n) is 3.96. The van der Waals surface area contributed by atoms with E-state index in [1.807, 2.05) is 13.8 Å². The third-order valence-electron chi connectivity index (χ3n) is 5.97. The van der Waals surface area contributed by atoms with Gasteiger partial charge in [-0.1, -0.05) is 12.1 Å². The predicted octanol–water partition coefficient (Wildman–Crippen LogP) is 2.59. The monoisotopic (exact) mass is 472 g/mol.